The molecular weight excluding hydrogens is 387 g/mol. The number of amides is 2. The minimum absolute atomic E-state index is 0.0857. The first kappa shape index (κ1) is 18.9. The molecule has 0 aliphatic heterocycles. The van der Waals surface area contributed by atoms with E-state index in [1.165, 1.54) is 0 Å². The van der Waals surface area contributed by atoms with Crippen molar-refractivity contribution in [2.24, 2.45) is 23.5 Å². The highest BCUT2D eigenvalue weighted by atomic mass is 35.5. The van der Waals surface area contributed by atoms with Crippen LogP contribution in [0.3, 0.4) is 0 Å². The van der Waals surface area contributed by atoms with Crippen LogP contribution >= 0.6 is 23.2 Å². The summed E-state index contributed by atoms with van der Waals surface area (Å²) in [5.74, 6) is 0.637. The van der Waals surface area contributed by atoms with Crippen molar-refractivity contribution in [1.29, 1.82) is 0 Å². The molecule has 4 saturated carbocycles. The van der Waals surface area contributed by atoms with Crippen molar-refractivity contribution in [3.8, 4) is 0 Å². The molecule has 0 spiro atoms. The van der Waals surface area contributed by atoms with Crippen LogP contribution in [0.25, 0.3) is 0 Å². The Kier molecular flexibility index (Phi) is 4.79. The van der Waals surface area contributed by atoms with E-state index in [9.17, 15) is 9.59 Å². The summed E-state index contributed by atoms with van der Waals surface area (Å²) in [6, 6.07) is 9.60. The van der Waals surface area contributed by atoms with Gasteiger partial charge < -0.3 is 15.8 Å². The second kappa shape index (κ2) is 6.85. The number of alkyl halides is 2. The van der Waals surface area contributed by atoms with E-state index in [-0.39, 0.29) is 22.7 Å². The molecule has 1 aromatic rings. The van der Waals surface area contributed by atoms with Gasteiger partial charge in [0.05, 0.1) is 10.9 Å². The second-order valence-corrected chi connectivity index (χ2v) is 9.98. The van der Waals surface area contributed by atoms with Crippen molar-refractivity contribution in [3.05, 3.63) is 35.9 Å². The van der Waals surface area contributed by atoms with Crippen LogP contribution in [-0.2, 0) is 9.53 Å². The highest BCUT2D eigenvalue weighted by molar-refractivity contribution is 6.28. The SMILES string of the molecule is NC(=O)OCC(=O)NC(c1ccccc1)[C@H]1[C@H]2C[C@@H]3C[C@](Cl)(C2)C[C@@]1(Cl)C3. The van der Waals surface area contributed by atoms with Crippen molar-refractivity contribution in [2.75, 3.05) is 6.61 Å². The van der Waals surface area contributed by atoms with E-state index in [0.717, 1.165) is 37.7 Å². The van der Waals surface area contributed by atoms with Crippen LogP contribution in [0.15, 0.2) is 30.3 Å². The molecular formula is C20H24Cl2N2O3. The highest BCUT2D eigenvalue weighted by Gasteiger charge is 2.63. The number of hydrogen-bond donors (Lipinski definition) is 2. The Morgan fingerprint density at radius 1 is 1.22 bits per heavy atom. The molecule has 0 heterocycles. The van der Waals surface area contributed by atoms with Crippen LogP contribution in [0.4, 0.5) is 4.79 Å². The van der Waals surface area contributed by atoms with Gasteiger partial charge >= 0.3 is 6.09 Å². The largest absolute Gasteiger partial charge is 0.440 e. The third-order valence-corrected chi connectivity index (χ3v) is 7.42. The molecule has 146 valence electrons. The summed E-state index contributed by atoms with van der Waals surface area (Å²) in [7, 11) is 0. The van der Waals surface area contributed by atoms with E-state index in [0.29, 0.717) is 11.8 Å². The van der Waals surface area contributed by atoms with Crippen LogP contribution in [0.2, 0.25) is 0 Å². The first-order valence-electron chi connectivity index (χ1n) is 9.42. The van der Waals surface area contributed by atoms with E-state index < -0.39 is 17.6 Å². The van der Waals surface area contributed by atoms with Gasteiger partial charge in [0, 0.05) is 10.8 Å². The standard InChI is InChI=1S/C20H24Cl2N2O3/c21-19-7-12-6-14(9-19)16(20(22,8-12)11-19)17(13-4-2-1-3-5-13)24-15(25)10-27-18(23)26/h1-5,12,14,16-17H,6-11H2,(H2,23,26)(H,24,25)/t12-,14+,16-,17?,19+,20+/m1/s1. The summed E-state index contributed by atoms with van der Waals surface area (Å²) in [4.78, 5) is 22.6. The lowest BCUT2D eigenvalue weighted by Crippen LogP contribution is -2.62. The number of carbonyl (C=O) groups is 2. The number of carbonyl (C=O) groups excluding carboxylic acids is 2. The van der Waals surface area contributed by atoms with E-state index in [4.69, 9.17) is 28.9 Å². The molecule has 27 heavy (non-hydrogen) atoms. The van der Waals surface area contributed by atoms with Crippen LogP contribution < -0.4 is 11.1 Å². The molecule has 2 amide bonds. The molecule has 0 radical (unpaired) electrons. The molecule has 7 heteroatoms. The molecule has 1 unspecified atom stereocenters. The van der Waals surface area contributed by atoms with E-state index >= 15 is 0 Å². The van der Waals surface area contributed by atoms with Crippen LogP contribution in [0.1, 0.15) is 43.7 Å². The van der Waals surface area contributed by atoms with Crippen molar-refractivity contribution in [1.82, 2.24) is 5.32 Å². The number of primary amides is 1. The molecule has 0 aromatic heterocycles. The third-order valence-electron chi connectivity index (χ3n) is 6.44. The van der Waals surface area contributed by atoms with Crippen LogP contribution in [0, 0.1) is 17.8 Å². The fourth-order valence-corrected chi connectivity index (χ4v) is 7.46. The van der Waals surface area contributed by atoms with Gasteiger partial charge in [-0.3, -0.25) is 4.79 Å². The fraction of sp³-hybridized carbons (Fsp3) is 0.600. The zero-order valence-electron chi connectivity index (χ0n) is 15.0. The van der Waals surface area contributed by atoms with Gasteiger partial charge in [-0.15, -0.1) is 23.2 Å². The molecule has 4 aliphatic carbocycles. The maximum atomic E-state index is 12.4. The zero-order chi connectivity index (χ0) is 19.2. The number of benzene rings is 1. The monoisotopic (exact) mass is 410 g/mol. The molecule has 4 bridgehead atoms. The molecule has 4 fully saturated rings. The average molecular weight is 411 g/mol. The lowest BCUT2D eigenvalue weighted by molar-refractivity contribution is -0.126. The molecule has 0 saturated heterocycles. The molecule has 1 aromatic carbocycles. The Morgan fingerprint density at radius 2 is 1.96 bits per heavy atom. The molecule has 4 aliphatic rings. The van der Waals surface area contributed by atoms with Gasteiger partial charge in [0.15, 0.2) is 6.61 Å². The maximum Gasteiger partial charge on any atom is 0.405 e. The molecule has 5 rings (SSSR count). The first-order valence-corrected chi connectivity index (χ1v) is 10.2. The Morgan fingerprint density at radius 3 is 2.59 bits per heavy atom. The van der Waals surface area contributed by atoms with Gasteiger partial charge in [0.1, 0.15) is 0 Å². The molecule has 6 atom stereocenters. The quantitative estimate of drug-likeness (QED) is 0.725. The van der Waals surface area contributed by atoms with Gasteiger partial charge in [-0.25, -0.2) is 4.79 Å². The number of halogens is 2. The number of hydrogen-bond acceptors (Lipinski definition) is 3. The molecule has 5 nitrogen and oxygen atoms in total. The van der Waals surface area contributed by atoms with Crippen molar-refractivity contribution in [3.63, 3.8) is 0 Å². The average Bonchev–Trinajstić information content (AvgIpc) is 2.57. The van der Waals surface area contributed by atoms with Crippen molar-refractivity contribution < 1.29 is 14.3 Å². The minimum Gasteiger partial charge on any atom is -0.440 e. The Labute approximate surface area is 168 Å². The van der Waals surface area contributed by atoms with Gasteiger partial charge in [-0.1, -0.05) is 30.3 Å². The van der Waals surface area contributed by atoms with Crippen molar-refractivity contribution >= 4 is 35.2 Å². The van der Waals surface area contributed by atoms with Gasteiger partial charge in [-0.05, 0) is 49.5 Å². The first-order chi connectivity index (χ1) is 12.8. The topological polar surface area (TPSA) is 81.4 Å². The summed E-state index contributed by atoms with van der Waals surface area (Å²) in [6.07, 6.45) is 3.81. The smallest absolute Gasteiger partial charge is 0.405 e. The molecule has 3 N–H and O–H groups in total. The van der Waals surface area contributed by atoms with E-state index in [1.807, 2.05) is 30.3 Å². The predicted octanol–water partition coefficient (Wildman–Crippen LogP) is 3.73. The summed E-state index contributed by atoms with van der Waals surface area (Å²) < 4.78 is 4.66. The van der Waals surface area contributed by atoms with E-state index in [1.54, 1.807) is 0 Å². The third kappa shape index (κ3) is 3.64. The summed E-state index contributed by atoms with van der Waals surface area (Å²) in [5.41, 5.74) is 5.98. The van der Waals surface area contributed by atoms with Gasteiger partial charge in [0.25, 0.3) is 5.91 Å². The summed E-state index contributed by atoms with van der Waals surface area (Å²) in [6.45, 7) is -0.395. The summed E-state index contributed by atoms with van der Waals surface area (Å²) >= 11 is 14.1. The van der Waals surface area contributed by atoms with Crippen LogP contribution in [0.5, 0.6) is 0 Å². The normalized spacial score (nSPS) is 37.6. The Hall–Kier alpha value is -1.46. The Bertz CT molecular complexity index is 746. The summed E-state index contributed by atoms with van der Waals surface area (Å²) in [5, 5.41) is 3.06. The number of nitrogens with two attached hydrogens (primary N) is 1. The number of nitrogens with one attached hydrogen (secondary N) is 1. The highest BCUT2D eigenvalue weighted by Crippen LogP contribution is 2.66. The predicted molar refractivity (Wildman–Crippen MR) is 104 cm³/mol. The second-order valence-electron chi connectivity index (χ2n) is 8.43. The fourth-order valence-electron chi connectivity index (χ4n) is 5.96. The minimum atomic E-state index is -0.964. The Balaban J connectivity index is 1.63. The van der Waals surface area contributed by atoms with Crippen LogP contribution in [-0.4, -0.2) is 28.4 Å². The maximum absolute atomic E-state index is 12.4. The number of ether oxygens (including phenoxy) is 1. The lowest BCUT2D eigenvalue weighted by Gasteiger charge is -2.63. The lowest BCUT2D eigenvalue weighted by atomic mass is 9.49. The van der Waals surface area contributed by atoms with E-state index in [2.05, 4.69) is 10.1 Å². The number of rotatable bonds is 5. The van der Waals surface area contributed by atoms with Gasteiger partial charge in [-0.2, -0.15) is 0 Å². The zero-order valence-corrected chi connectivity index (χ0v) is 16.5. The van der Waals surface area contributed by atoms with Gasteiger partial charge in [0.2, 0.25) is 0 Å². The van der Waals surface area contributed by atoms with Crippen molar-refractivity contribution in [2.45, 2.75) is 47.9 Å².